The second-order valence-electron chi connectivity index (χ2n) is 6.62. The summed E-state index contributed by atoms with van der Waals surface area (Å²) in [5.74, 6) is 0.386. The maximum atomic E-state index is 12.8. The highest BCUT2D eigenvalue weighted by atomic mass is 16.5. The van der Waals surface area contributed by atoms with E-state index in [4.69, 9.17) is 13.9 Å². The predicted octanol–water partition coefficient (Wildman–Crippen LogP) is 2.57. The van der Waals surface area contributed by atoms with E-state index in [1.807, 2.05) is 30.0 Å². The highest BCUT2D eigenvalue weighted by Gasteiger charge is 2.45. The number of hydrogen-bond acceptors (Lipinski definition) is 5. The van der Waals surface area contributed by atoms with Crippen molar-refractivity contribution in [1.29, 1.82) is 0 Å². The summed E-state index contributed by atoms with van der Waals surface area (Å²) in [6, 6.07) is 5.77. The van der Waals surface area contributed by atoms with Crippen LogP contribution in [0.1, 0.15) is 34.5 Å². The van der Waals surface area contributed by atoms with Gasteiger partial charge in [-0.25, -0.2) is 0 Å². The zero-order chi connectivity index (χ0) is 17.2. The van der Waals surface area contributed by atoms with E-state index in [1.54, 1.807) is 18.7 Å². The molecule has 0 bridgehead atoms. The van der Waals surface area contributed by atoms with Gasteiger partial charge >= 0.3 is 0 Å². The van der Waals surface area contributed by atoms with Crippen LogP contribution in [0.3, 0.4) is 0 Å². The number of ether oxygens (including phenoxy) is 2. The highest BCUT2D eigenvalue weighted by Crippen LogP contribution is 2.33. The van der Waals surface area contributed by atoms with Crippen LogP contribution in [-0.4, -0.2) is 47.2 Å². The van der Waals surface area contributed by atoms with Crippen molar-refractivity contribution in [2.24, 2.45) is 0 Å². The fraction of sp³-hybridized carbons (Fsp3) is 0.474. The minimum Gasteiger partial charge on any atom is -0.459 e. The van der Waals surface area contributed by atoms with Crippen LogP contribution < -0.4 is 0 Å². The van der Waals surface area contributed by atoms with Crippen LogP contribution in [0.5, 0.6) is 0 Å². The van der Waals surface area contributed by atoms with Crippen molar-refractivity contribution in [2.75, 3.05) is 13.2 Å². The number of carbonyl (C=O) groups excluding carboxylic acids is 1. The molecule has 1 aliphatic carbocycles. The molecular weight excluding hydrogens is 320 g/mol. The summed E-state index contributed by atoms with van der Waals surface area (Å²) in [5.41, 5.74) is 1.96. The summed E-state index contributed by atoms with van der Waals surface area (Å²) < 4.78 is 17.4. The largest absolute Gasteiger partial charge is 0.459 e. The van der Waals surface area contributed by atoms with Gasteiger partial charge in [-0.3, -0.25) is 9.78 Å². The predicted molar refractivity (Wildman–Crippen MR) is 90.1 cm³/mol. The van der Waals surface area contributed by atoms with E-state index in [9.17, 15) is 4.79 Å². The van der Waals surface area contributed by atoms with Gasteiger partial charge in [0.15, 0.2) is 5.76 Å². The Morgan fingerprint density at radius 3 is 2.92 bits per heavy atom. The number of pyridine rings is 1. The normalized spacial score (nSPS) is 25.8. The molecule has 0 aromatic carbocycles. The Morgan fingerprint density at radius 1 is 1.32 bits per heavy atom. The minimum absolute atomic E-state index is 0.00598. The Kier molecular flexibility index (Phi) is 4.55. The van der Waals surface area contributed by atoms with Gasteiger partial charge in [-0.1, -0.05) is 0 Å². The molecule has 1 amide bonds. The smallest absolute Gasteiger partial charge is 0.290 e. The van der Waals surface area contributed by atoms with Crippen LogP contribution in [0.25, 0.3) is 0 Å². The number of nitrogens with zero attached hydrogens (tertiary/aromatic N) is 2. The molecule has 3 atom stereocenters. The summed E-state index contributed by atoms with van der Waals surface area (Å²) in [6.07, 6.45) is 6.80. The van der Waals surface area contributed by atoms with Gasteiger partial charge in [0.05, 0.1) is 31.6 Å². The Labute approximate surface area is 146 Å². The van der Waals surface area contributed by atoms with Crippen molar-refractivity contribution in [3.8, 4) is 0 Å². The number of carbonyl (C=O) groups is 1. The molecule has 1 saturated carbocycles. The monoisotopic (exact) mass is 342 g/mol. The molecule has 3 heterocycles. The molecule has 0 radical (unpaired) electrons. The average Bonchev–Trinajstić information content (AvgIpc) is 3.26. The molecule has 1 aliphatic heterocycles. The minimum atomic E-state index is -0.0743. The van der Waals surface area contributed by atoms with E-state index in [0.29, 0.717) is 25.5 Å². The number of fused-ring (bicyclic) bond motifs is 1. The Balaban J connectivity index is 1.43. The number of rotatable bonds is 4. The lowest BCUT2D eigenvalue weighted by Gasteiger charge is -2.38. The summed E-state index contributed by atoms with van der Waals surface area (Å²) >= 11 is 0. The van der Waals surface area contributed by atoms with Gasteiger partial charge in [-0.05, 0) is 43.5 Å². The topological polar surface area (TPSA) is 64.8 Å². The fourth-order valence-electron chi connectivity index (χ4n) is 3.75. The van der Waals surface area contributed by atoms with E-state index in [-0.39, 0.29) is 24.2 Å². The van der Waals surface area contributed by atoms with E-state index in [2.05, 4.69) is 4.98 Å². The molecule has 132 valence electrons. The molecule has 1 saturated heterocycles. The molecule has 0 unspecified atom stereocenters. The first-order chi connectivity index (χ1) is 12.2. The first-order valence-electron chi connectivity index (χ1n) is 8.71. The quantitative estimate of drug-likeness (QED) is 0.854. The van der Waals surface area contributed by atoms with Gasteiger partial charge in [0.1, 0.15) is 6.10 Å². The standard InChI is InChI=1S/C19H22N2O4/c1-13-6-10-23-17(13)19(22)21-9-11-24-18-15(21)2-3-16(18)25-12-14-4-7-20-8-5-14/h4-8,10,15-16,18H,2-3,9,11-12H2,1H3/t15-,16-,18-/m0/s1. The molecule has 0 N–H and O–H groups in total. The first-order valence-corrected chi connectivity index (χ1v) is 8.71. The molecule has 4 rings (SSSR count). The molecule has 6 heteroatoms. The van der Waals surface area contributed by atoms with E-state index >= 15 is 0 Å². The van der Waals surface area contributed by atoms with Gasteiger partial charge < -0.3 is 18.8 Å². The van der Waals surface area contributed by atoms with Crippen molar-refractivity contribution in [3.63, 3.8) is 0 Å². The molecular formula is C19H22N2O4. The number of furan rings is 1. The Hall–Kier alpha value is -2.18. The zero-order valence-electron chi connectivity index (χ0n) is 14.3. The van der Waals surface area contributed by atoms with Crippen LogP contribution in [0.15, 0.2) is 41.3 Å². The van der Waals surface area contributed by atoms with E-state index in [1.165, 1.54) is 0 Å². The Bertz CT molecular complexity index is 730. The van der Waals surface area contributed by atoms with Crippen LogP contribution in [0.4, 0.5) is 0 Å². The number of aromatic nitrogens is 1. The molecule has 2 aromatic heterocycles. The van der Waals surface area contributed by atoms with Crippen molar-refractivity contribution >= 4 is 5.91 Å². The lowest BCUT2D eigenvalue weighted by molar-refractivity contribution is -0.108. The molecule has 6 nitrogen and oxygen atoms in total. The van der Waals surface area contributed by atoms with Crippen molar-refractivity contribution in [3.05, 3.63) is 53.7 Å². The van der Waals surface area contributed by atoms with Crippen LogP contribution in [0, 0.1) is 6.92 Å². The SMILES string of the molecule is Cc1ccoc1C(=O)N1CCO[C@@H]2[C@@H](OCc3ccncc3)CC[C@@H]21. The van der Waals surface area contributed by atoms with Gasteiger partial charge in [-0.15, -0.1) is 0 Å². The summed E-state index contributed by atoms with van der Waals surface area (Å²) in [7, 11) is 0. The maximum absolute atomic E-state index is 12.8. The third-order valence-electron chi connectivity index (χ3n) is 5.07. The van der Waals surface area contributed by atoms with E-state index in [0.717, 1.165) is 24.0 Å². The van der Waals surface area contributed by atoms with Crippen molar-refractivity contribution in [2.45, 2.75) is 44.6 Å². The second kappa shape index (κ2) is 6.98. The number of amides is 1. The molecule has 2 aromatic rings. The van der Waals surface area contributed by atoms with Crippen LogP contribution >= 0.6 is 0 Å². The molecule has 25 heavy (non-hydrogen) atoms. The molecule has 2 fully saturated rings. The third kappa shape index (κ3) is 3.19. The third-order valence-corrected chi connectivity index (χ3v) is 5.07. The number of aryl methyl sites for hydroxylation is 1. The van der Waals surface area contributed by atoms with Gasteiger partial charge in [0.2, 0.25) is 0 Å². The lowest BCUT2D eigenvalue weighted by atomic mass is 10.1. The summed E-state index contributed by atoms with van der Waals surface area (Å²) in [4.78, 5) is 18.8. The van der Waals surface area contributed by atoms with Crippen LogP contribution in [-0.2, 0) is 16.1 Å². The highest BCUT2D eigenvalue weighted by molar-refractivity contribution is 5.93. The van der Waals surface area contributed by atoms with Crippen molar-refractivity contribution in [1.82, 2.24) is 9.88 Å². The van der Waals surface area contributed by atoms with Gasteiger partial charge in [0, 0.05) is 24.5 Å². The van der Waals surface area contributed by atoms with Crippen LogP contribution in [0.2, 0.25) is 0 Å². The maximum Gasteiger partial charge on any atom is 0.290 e. The summed E-state index contributed by atoms with van der Waals surface area (Å²) in [5, 5.41) is 0. The Morgan fingerprint density at radius 2 is 2.16 bits per heavy atom. The second-order valence-corrected chi connectivity index (χ2v) is 6.62. The van der Waals surface area contributed by atoms with Gasteiger partial charge in [-0.2, -0.15) is 0 Å². The van der Waals surface area contributed by atoms with Crippen molar-refractivity contribution < 1.29 is 18.7 Å². The first kappa shape index (κ1) is 16.3. The number of hydrogen-bond donors (Lipinski definition) is 0. The van der Waals surface area contributed by atoms with Gasteiger partial charge in [0.25, 0.3) is 5.91 Å². The number of morpholine rings is 1. The molecule has 2 aliphatic rings. The van der Waals surface area contributed by atoms with E-state index < -0.39 is 0 Å². The molecule has 0 spiro atoms. The fourth-order valence-corrected chi connectivity index (χ4v) is 3.75. The average molecular weight is 342 g/mol. The summed E-state index contributed by atoms with van der Waals surface area (Å²) in [6.45, 7) is 3.55. The zero-order valence-corrected chi connectivity index (χ0v) is 14.3. The lowest BCUT2D eigenvalue weighted by Crippen LogP contribution is -2.53.